The maximum Gasteiger partial charge on any atom is 0.254 e. The van der Waals surface area contributed by atoms with E-state index in [-0.39, 0.29) is 11.8 Å². The van der Waals surface area contributed by atoms with Crippen molar-refractivity contribution >= 4 is 28.2 Å². The average molecular weight is 422 g/mol. The van der Waals surface area contributed by atoms with E-state index in [0.717, 1.165) is 44.1 Å². The maximum absolute atomic E-state index is 12.8. The van der Waals surface area contributed by atoms with E-state index < -0.39 is 0 Å². The number of carbonyl (C=O) groups excluding carboxylic acids is 2. The van der Waals surface area contributed by atoms with Gasteiger partial charge in [0.2, 0.25) is 5.91 Å². The number of thiophene rings is 1. The van der Waals surface area contributed by atoms with Gasteiger partial charge in [0, 0.05) is 24.6 Å². The quantitative estimate of drug-likeness (QED) is 0.560. The van der Waals surface area contributed by atoms with Crippen LogP contribution in [0.4, 0.5) is 5.00 Å². The Balaban J connectivity index is 1.61. The number of nitrogens with one attached hydrogen (secondary N) is 3. The minimum absolute atomic E-state index is 0.0587. The Morgan fingerprint density at radius 1 is 1.03 bits per heavy atom. The van der Waals surface area contributed by atoms with Gasteiger partial charge in [-0.05, 0) is 44.1 Å². The number of ether oxygens (including phenoxy) is 1. The van der Waals surface area contributed by atoms with Crippen molar-refractivity contribution in [1.82, 2.24) is 10.6 Å². The molecule has 2 amide bonds. The zero-order chi connectivity index (χ0) is 20.5. The van der Waals surface area contributed by atoms with Crippen LogP contribution in [0, 0.1) is 0 Å². The lowest BCUT2D eigenvalue weighted by molar-refractivity contribution is -0.115. The van der Waals surface area contributed by atoms with Gasteiger partial charge in [-0.2, -0.15) is 0 Å². The Morgan fingerprint density at radius 3 is 2.52 bits per heavy atom. The van der Waals surface area contributed by atoms with E-state index in [9.17, 15) is 9.59 Å². The molecule has 0 atom stereocenters. The molecular weight excluding hydrogens is 386 g/mol. The molecule has 2 aliphatic rings. The number of carbonyl (C=O) groups is 2. The number of hydrogen-bond donors (Lipinski definition) is 3. The minimum Gasteiger partial charge on any atom is -0.383 e. The molecule has 0 radical (unpaired) electrons. The standard InChI is InChI=1S/C22H35N3O3S/c1-28-14-13-23-21(27)20-17-11-7-8-12-18(17)29-22(20)25-19(26)15-24-16-9-5-3-2-4-6-10-16/h16,24H,2-15H2,1H3,(H,23,27)(H,25,26). The van der Waals surface area contributed by atoms with Gasteiger partial charge in [-0.25, -0.2) is 0 Å². The summed E-state index contributed by atoms with van der Waals surface area (Å²) in [5, 5.41) is 10.1. The Bertz CT molecular complexity index is 681. The first-order valence-electron chi connectivity index (χ1n) is 11.1. The predicted octanol–water partition coefficient (Wildman–Crippen LogP) is 3.64. The molecule has 1 aromatic heterocycles. The first-order valence-corrected chi connectivity index (χ1v) is 12.0. The van der Waals surface area contributed by atoms with Gasteiger partial charge in [-0.3, -0.25) is 9.59 Å². The minimum atomic E-state index is -0.107. The highest BCUT2D eigenvalue weighted by atomic mass is 32.1. The molecule has 1 fully saturated rings. The molecule has 0 bridgehead atoms. The molecule has 0 aliphatic heterocycles. The first-order chi connectivity index (χ1) is 14.2. The third kappa shape index (κ3) is 6.52. The molecule has 29 heavy (non-hydrogen) atoms. The van der Waals surface area contributed by atoms with Crippen molar-refractivity contribution in [3.8, 4) is 0 Å². The molecule has 2 aliphatic carbocycles. The van der Waals surface area contributed by atoms with Crippen molar-refractivity contribution in [3.05, 3.63) is 16.0 Å². The van der Waals surface area contributed by atoms with Gasteiger partial charge in [0.1, 0.15) is 5.00 Å². The van der Waals surface area contributed by atoms with Crippen molar-refractivity contribution in [2.24, 2.45) is 0 Å². The van der Waals surface area contributed by atoms with Gasteiger partial charge in [0.25, 0.3) is 5.91 Å². The lowest BCUT2D eigenvalue weighted by atomic mass is 9.95. The molecule has 0 unspecified atom stereocenters. The molecule has 0 aromatic carbocycles. The van der Waals surface area contributed by atoms with Crippen LogP contribution in [0.5, 0.6) is 0 Å². The summed E-state index contributed by atoms with van der Waals surface area (Å²) in [6, 6.07) is 0.425. The van der Waals surface area contributed by atoms with Crippen LogP contribution in [-0.2, 0) is 22.4 Å². The van der Waals surface area contributed by atoms with E-state index in [4.69, 9.17) is 4.74 Å². The number of rotatable bonds is 8. The van der Waals surface area contributed by atoms with E-state index in [1.165, 1.54) is 37.0 Å². The van der Waals surface area contributed by atoms with E-state index in [1.54, 1.807) is 18.4 Å². The summed E-state index contributed by atoms with van der Waals surface area (Å²) < 4.78 is 5.03. The van der Waals surface area contributed by atoms with E-state index in [0.29, 0.717) is 36.3 Å². The number of hydrogen-bond acceptors (Lipinski definition) is 5. The molecule has 0 saturated heterocycles. The zero-order valence-electron chi connectivity index (χ0n) is 17.6. The Hall–Kier alpha value is -1.44. The van der Waals surface area contributed by atoms with Gasteiger partial charge >= 0.3 is 0 Å². The third-order valence-electron chi connectivity index (χ3n) is 5.90. The van der Waals surface area contributed by atoms with Crippen molar-refractivity contribution in [2.45, 2.75) is 76.7 Å². The predicted molar refractivity (Wildman–Crippen MR) is 118 cm³/mol. The highest BCUT2D eigenvalue weighted by molar-refractivity contribution is 7.17. The second-order valence-corrected chi connectivity index (χ2v) is 9.24. The Morgan fingerprint density at radius 2 is 1.76 bits per heavy atom. The summed E-state index contributed by atoms with van der Waals surface area (Å²) in [7, 11) is 1.62. The molecular formula is C22H35N3O3S. The molecule has 7 heteroatoms. The van der Waals surface area contributed by atoms with Crippen LogP contribution >= 0.6 is 11.3 Å². The Labute approximate surface area is 178 Å². The van der Waals surface area contributed by atoms with Gasteiger partial charge in [0.05, 0.1) is 18.7 Å². The normalized spacial score (nSPS) is 17.8. The molecule has 1 saturated carbocycles. The molecule has 0 spiro atoms. The van der Waals surface area contributed by atoms with Crippen LogP contribution in [0.1, 0.15) is 78.6 Å². The maximum atomic E-state index is 12.8. The highest BCUT2D eigenvalue weighted by Crippen LogP contribution is 2.38. The van der Waals surface area contributed by atoms with Crippen LogP contribution in [-0.4, -0.2) is 44.7 Å². The lowest BCUT2D eigenvalue weighted by Gasteiger charge is -2.20. The van der Waals surface area contributed by atoms with E-state index >= 15 is 0 Å². The number of anilines is 1. The van der Waals surface area contributed by atoms with Crippen molar-refractivity contribution in [2.75, 3.05) is 32.1 Å². The molecule has 162 valence electrons. The summed E-state index contributed by atoms with van der Waals surface area (Å²) in [5.41, 5.74) is 1.79. The largest absolute Gasteiger partial charge is 0.383 e. The number of amides is 2. The van der Waals surface area contributed by atoms with Crippen LogP contribution in [0.3, 0.4) is 0 Å². The third-order valence-corrected chi connectivity index (χ3v) is 7.11. The molecule has 3 rings (SSSR count). The molecule has 6 nitrogen and oxygen atoms in total. The highest BCUT2D eigenvalue weighted by Gasteiger charge is 2.26. The van der Waals surface area contributed by atoms with Crippen molar-refractivity contribution in [3.63, 3.8) is 0 Å². The van der Waals surface area contributed by atoms with Gasteiger partial charge in [0.15, 0.2) is 0 Å². The zero-order valence-corrected chi connectivity index (χ0v) is 18.4. The topological polar surface area (TPSA) is 79.5 Å². The fourth-order valence-corrected chi connectivity index (χ4v) is 5.62. The van der Waals surface area contributed by atoms with Crippen molar-refractivity contribution < 1.29 is 14.3 Å². The summed E-state index contributed by atoms with van der Waals surface area (Å²) in [5.74, 6) is -0.165. The number of methoxy groups -OCH3 is 1. The summed E-state index contributed by atoms with van der Waals surface area (Å²) in [6.45, 7) is 1.25. The summed E-state index contributed by atoms with van der Waals surface area (Å²) in [6.07, 6.45) is 12.9. The second-order valence-electron chi connectivity index (χ2n) is 8.13. The molecule has 1 aromatic rings. The Kier molecular flexibility index (Phi) is 8.95. The monoisotopic (exact) mass is 421 g/mol. The number of fused-ring (bicyclic) bond motifs is 1. The second kappa shape index (κ2) is 11.7. The van der Waals surface area contributed by atoms with Crippen LogP contribution < -0.4 is 16.0 Å². The summed E-state index contributed by atoms with van der Waals surface area (Å²) in [4.78, 5) is 26.7. The van der Waals surface area contributed by atoms with E-state index in [1.807, 2.05) is 0 Å². The lowest BCUT2D eigenvalue weighted by Crippen LogP contribution is -2.36. The van der Waals surface area contributed by atoms with Crippen LogP contribution in [0.15, 0.2) is 0 Å². The number of aryl methyl sites for hydroxylation is 1. The van der Waals surface area contributed by atoms with Gasteiger partial charge in [-0.15, -0.1) is 11.3 Å². The fraction of sp³-hybridized carbons (Fsp3) is 0.727. The van der Waals surface area contributed by atoms with Crippen LogP contribution in [0.2, 0.25) is 0 Å². The SMILES string of the molecule is COCCNC(=O)c1c(NC(=O)CNC2CCCCCCC2)sc2c1CCCC2. The van der Waals surface area contributed by atoms with Crippen molar-refractivity contribution in [1.29, 1.82) is 0 Å². The van der Waals surface area contributed by atoms with Crippen LogP contribution in [0.25, 0.3) is 0 Å². The van der Waals surface area contributed by atoms with Gasteiger partial charge < -0.3 is 20.7 Å². The van der Waals surface area contributed by atoms with E-state index in [2.05, 4.69) is 16.0 Å². The van der Waals surface area contributed by atoms with Gasteiger partial charge in [-0.1, -0.05) is 32.1 Å². The average Bonchev–Trinajstić information content (AvgIpc) is 3.05. The fourth-order valence-electron chi connectivity index (χ4n) is 4.32. The first kappa shape index (κ1) is 22.2. The molecule has 1 heterocycles. The molecule has 3 N–H and O–H groups in total. The summed E-state index contributed by atoms with van der Waals surface area (Å²) >= 11 is 1.57. The smallest absolute Gasteiger partial charge is 0.254 e.